The standard InChI is InChI=1S/C24H26N2O3S/c1-17-9-11-22(12-10-17)30(28,29)26-23(16-20-7-5-4-6-8-20)24(27)25-21-14-18(2)13-19(3)15-21/h4-15,23,26H,16H2,1-3H3,(H,25,27)/t23-/m0/s1. The molecule has 30 heavy (non-hydrogen) atoms. The lowest BCUT2D eigenvalue weighted by atomic mass is 10.1. The van der Waals surface area contributed by atoms with Crippen LogP contribution in [-0.2, 0) is 21.2 Å². The van der Waals surface area contributed by atoms with Crippen LogP contribution in [0.25, 0.3) is 0 Å². The summed E-state index contributed by atoms with van der Waals surface area (Å²) in [5.74, 6) is -0.403. The quantitative estimate of drug-likeness (QED) is 0.601. The fraction of sp³-hybridized carbons (Fsp3) is 0.208. The van der Waals surface area contributed by atoms with E-state index in [0.29, 0.717) is 5.69 Å². The normalized spacial score (nSPS) is 12.4. The number of amides is 1. The second kappa shape index (κ2) is 9.24. The van der Waals surface area contributed by atoms with Gasteiger partial charge < -0.3 is 5.32 Å². The predicted molar refractivity (Wildman–Crippen MR) is 120 cm³/mol. The summed E-state index contributed by atoms with van der Waals surface area (Å²) < 4.78 is 28.4. The van der Waals surface area contributed by atoms with Crippen molar-refractivity contribution in [1.82, 2.24) is 4.72 Å². The maximum absolute atomic E-state index is 13.1. The largest absolute Gasteiger partial charge is 0.325 e. The van der Waals surface area contributed by atoms with E-state index in [4.69, 9.17) is 0 Å². The lowest BCUT2D eigenvalue weighted by molar-refractivity contribution is -0.117. The second-order valence-electron chi connectivity index (χ2n) is 7.54. The third-order valence-corrected chi connectivity index (χ3v) is 6.20. The summed E-state index contributed by atoms with van der Waals surface area (Å²) in [4.78, 5) is 13.2. The van der Waals surface area contributed by atoms with Crippen molar-refractivity contribution in [2.45, 2.75) is 38.1 Å². The molecule has 156 valence electrons. The van der Waals surface area contributed by atoms with Crippen LogP contribution >= 0.6 is 0 Å². The van der Waals surface area contributed by atoms with Gasteiger partial charge >= 0.3 is 0 Å². The molecule has 0 fully saturated rings. The molecule has 2 N–H and O–H groups in total. The number of rotatable bonds is 7. The Morgan fingerprint density at radius 2 is 1.43 bits per heavy atom. The van der Waals surface area contributed by atoms with E-state index < -0.39 is 22.0 Å². The fourth-order valence-electron chi connectivity index (χ4n) is 3.29. The zero-order chi connectivity index (χ0) is 21.7. The van der Waals surface area contributed by atoms with Crippen molar-refractivity contribution in [1.29, 1.82) is 0 Å². The van der Waals surface area contributed by atoms with Gasteiger partial charge in [0.2, 0.25) is 15.9 Å². The first-order chi connectivity index (χ1) is 14.2. The van der Waals surface area contributed by atoms with E-state index in [9.17, 15) is 13.2 Å². The zero-order valence-electron chi connectivity index (χ0n) is 17.3. The summed E-state index contributed by atoms with van der Waals surface area (Å²) in [5, 5.41) is 2.86. The van der Waals surface area contributed by atoms with E-state index in [1.54, 1.807) is 24.3 Å². The molecule has 0 saturated heterocycles. The third-order valence-electron chi connectivity index (χ3n) is 4.72. The van der Waals surface area contributed by atoms with Gasteiger partial charge in [-0.3, -0.25) is 4.79 Å². The maximum atomic E-state index is 13.1. The highest BCUT2D eigenvalue weighted by atomic mass is 32.2. The molecule has 1 amide bonds. The molecule has 0 aliphatic heterocycles. The van der Waals surface area contributed by atoms with E-state index >= 15 is 0 Å². The molecule has 5 nitrogen and oxygen atoms in total. The molecule has 1 atom stereocenters. The van der Waals surface area contributed by atoms with E-state index in [2.05, 4.69) is 10.0 Å². The Balaban J connectivity index is 1.87. The van der Waals surface area contributed by atoms with Crippen molar-refractivity contribution in [3.8, 4) is 0 Å². The second-order valence-corrected chi connectivity index (χ2v) is 9.26. The van der Waals surface area contributed by atoms with Crippen LogP contribution < -0.4 is 10.0 Å². The molecule has 0 aliphatic rings. The number of hydrogen-bond donors (Lipinski definition) is 2. The average molecular weight is 423 g/mol. The minimum absolute atomic E-state index is 0.130. The molecule has 0 heterocycles. The summed E-state index contributed by atoms with van der Waals surface area (Å²) in [5.41, 5.74) is 4.51. The van der Waals surface area contributed by atoms with Crippen LogP contribution in [0.15, 0.2) is 77.7 Å². The molecule has 0 unspecified atom stereocenters. The van der Waals surface area contributed by atoms with Crippen LogP contribution in [0.4, 0.5) is 5.69 Å². The highest BCUT2D eigenvalue weighted by Gasteiger charge is 2.26. The van der Waals surface area contributed by atoms with Crippen molar-refractivity contribution < 1.29 is 13.2 Å². The van der Waals surface area contributed by atoms with Crippen LogP contribution in [0, 0.1) is 20.8 Å². The molecular formula is C24H26N2O3S. The first-order valence-corrected chi connectivity index (χ1v) is 11.2. The summed E-state index contributed by atoms with van der Waals surface area (Å²) in [7, 11) is -3.86. The Bertz CT molecular complexity index is 1100. The summed E-state index contributed by atoms with van der Waals surface area (Å²) >= 11 is 0. The van der Waals surface area contributed by atoms with Gasteiger partial charge in [-0.1, -0.05) is 54.1 Å². The SMILES string of the molecule is Cc1ccc(S(=O)(=O)N[C@@H](Cc2ccccc2)C(=O)Nc2cc(C)cc(C)c2)cc1. The average Bonchev–Trinajstić information content (AvgIpc) is 2.67. The molecule has 0 bridgehead atoms. The monoisotopic (exact) mass is 422 g/mol. The first-order valence-electron chi connectivity index (χ1n) is 9.75. The first kappa shape index (κ1) is 21.7. The van der Waals surface area contributed by atoms with Gasteiger partial charge in [-0.05, 0) is 68.1 Å². The van der Waals surface area contributed by atoms with E-state index in [-0.39, 0.29) is 11.3 Å². The number of aryl methyl sites for hydroxylation is 3. The van der Waals surface area contributed by atoms with Crippen LogP contribution in [-0.4, -0.2) is 20.4 Å². The maximum Gasteiger partial charge on any atom is 0.242 e. The highest BCUT2D eigenvalue weighted by Crippen LogP contribution is 2.16. The van der Waals surface area contributed by atoms with Crippen molar-refractivity contribution in [2.75, 3.05) is 5.32 Å². The summed E-state index contributed by atoms with van der Waals surface area (Å²) in [6.07, 6.45) is 0.239. The van der Waals surface area contributed by atoms with Gasteiger partial charge in [-0.2, -0.15) is 4.72 Å². The van der Waals surface area contributed by atoms with Crippen LogP contribution in [0.2, 0.25) is 0 Å². The summed E-state index contributed by atoms with van der Waals surface area (Å²) in [6.45, 7) is 5.79. The minimum Gasteiger partial charge on any atom is -0.325 e. The van der Waals surface area contributed by atoms with Gasteiger partial charge in [-0.15, -0.1) is 0 Å². The number of benzene rings is 3. The number of nitrogens with one attached hydrogen (secondary N) is 2. The lowest BCUT2D eigenvalue weighted by Gasteiger charge is -2.19. The van der Waals surface area contributed by atoms with Gasteiger partial charge in [0.05, 0.1) is 4.90 Å². The van der Waals surface area contributed by atoms with Gasteiger partial charge in [0.25, 0.3) is 0 Å². The van der Waals surface area contributed by atoms with Crippen molar-refractivity contribution >= 4 is 21.6 Å². The number of carbonyl (C=O) groups excluding carboxylic acids is 1. The predicted octanol–water partition coefficient (Wildman–Crippen LogP) is 4.14. The van der Waals surface area contributed by atoms with Gasteiger partial charge in [0, 0.05) is 5.69 Å². The van der Waals surface area contributed by atoms with Crippen LogP contribution in [0.3, 0.4) is 0 Å². The number of carbonyl (C=O) groups is 1. The lowest BCUT2D eigenvalue weighted by Crippen LogP contribution is -2.45. The Labute approximate surface area is 178 Å². The Morgan fingerprint density at radius 1 is 0.833 bits per heavy atom. The molecule has 0 radical (unpaired) electrons. The summed E-state index contributed by atoms with van der Waals surface area (Å²) in [6, 6.07) is 20.7. The zero-order valence-corrected chi connectivity index (χ0v) is 18.2. The van der Waals surface area contributed by atoms with Crippen LogP contribution in [0.5, 0.6) is 0 Å². The van der Waals surface area contributed by atoms with E-state index in [1.807, 2.05) is 69.3 Å². The Hall–Kier alpha value is -2.96. The van der Waals surface area contributed by atoms with Crippen molar-refractivity contribution in [2.24, 2.45) is 0 Å². The molecular weight excluding hydrogens is 396 g/mol. The Kier molecular flexibility index (Phi) is 6.70. The molecule has 6 heteroatoms. The Morgan fingerprint density at radius 3 is 2.03 bits per heavy atom. The molecule has 0 spiro atoms. The molecule has 3 aromatic carbocycles. The number of anilines is 1. The molecule has 0 aromatic heterocycles. The van der Waals surface area contributed by atoms with Crippen LogP contribution in [0.1, 0.15) is 22.3 Å². The third kappa shape index (κ3) is 5.78. The van der Waals surface area contributed by atoms with Gasteiger partial charge in [0.1, 0.15) is 6.04 Å². The molecule has 3 aromatic rings. The van der Waals surface area contributed by atoms with Gasteiger partial charge in [-0.25, -0.2) is 8.42 Å². The molecule has 0 saturated carbocycles. The topological polar surface area (TPSA) is 75.3 Å². The number of hydrogen-bond acceptors (Lipinski definition) is 3. The van der Waals surface area contributed by atoms with E-state index in [0.717, 1.165) is 22.3 Å². The van der Waals surface area contributed by atoms with Gasteiger partial charge in [0.15, 0.2) is 0 Å². The van der Waals surface area contributed by atoms with Crippen molar-refractivity contribution in [3.05, 3.63) is 95.1 Å². The highest BCUT2D eigenvalue weighted by molar-refractivity contribution is 7.89. The van der Waals surface area contributed by atoms with Crippen molar-refractivity contribution in [3.63, 3.8) is 0 Å². The smallest absolute Gasteiger partial charge is 0.242 e. The minimum atomic E-state index is -3.86. The number of sulfonamides is 1. The fourth-order valence-corrected chi connectivity index (χ4v) is 4.48. The molecule has 0 aliphatic carbocycles. The van der Waals surface area contributed by atoms with E-state index in [1.165, 1.54) is 0 Å². The molecule has 3 rings (SSSR count).